The summed E-state index contributed by atoms with van der Waals surface area (Å²) in [4.78, 5) is 19.0. The average Bonchev–Trinajstić information content (AvgIpc) is 3.47. The maximum Gasteiger partial charge on any atom is 0.290 e. The van der Waals surface area contributed by atoms with E-state index in [2.05, 4.69) is 9.97 Å². The molecule has 2 aromatic heterocycles. The van der Waals surface area contributed by atoms with E-state index >= 15 is 0 Å². The summed E-state index contributed by atoms with van der Waals surface area (Å²) in [5.74, 6) is 0. The highest BCUT2D eigenvalue weighted by molar-refractivity contribution is 5.43. The van der Waals surface area contributed by atoms with Crippen LogP contribution in [0.5, 0.6) is 0 Å². The second kappa shape index (κ2) is 11.8. The highest BCUT2D eigenvalue weighted by atomic mass is 16.7. The summed E-state index contributed by atoms with van der Waals surface area (Å²) in [6.07, 6.45) is 2.38. The molecule has 2 aromatic rings. The van der Waals surface area contributed by atoms with Crippen molar-refractivity contribution in [2.24, 2.45) is 0 Å². The lowest BCUT2D eigenvalue weighted by atomic mass is 10.1. The van der Waals surface area contributed by atoms with Gasteiger partial charge in [-0.1, -0.05) is 0 Å². The summed E-state index contributed by atoms with van der Waals surface area (Å²) >= 11 is 0. The van der Waals surface area contributed by atoms with Crippen molar-refractivity contribution >= 4 is 11.4 Å². The van der Waals surface area contributed by atoms with Crippen LogP contribution in [0.2, 0.25) is 0 Å². The summed E-state index contributed by atoms with van der Waals surface area (Å²) in [5, 5.41) is 10.8. The van der Waals surface area contributed by atoms with Crippen molar-refractivity contribution in [1.82, 2.24) is 9.97 Å². The zero-order chi connectivity index (χ0) is 22.9. The number of aryl methyl sites for hydroxylation is 4. The predicted octanol–water partition coefficient (Wildman–Crippen LogP) is 2.88. The van der Waals surface area contributed by atoms with Crippen molar-refractivity contribution < 1.29 is 23.9 Å². The normalized spacial score (nSPS) is 16.7. The maximum absolute atomic E-state index is 10.8. The van der Waals surface area contributed by atoms with E-state index in [0.717, 1.165) is 35.6 Å². The monoisotopic (exact) mass is 446 g/mol. The number of hydrogen-bond donors (Lipinski definition) is 1. The van der Waals surface area contributed by atoms with E-state index in [0.29, 0.717) is 45.0 Å². The van der Waals surface area contributed by atoms with Crippen LogP contribution in [-0.2, 0) is 31.8 Å². The van der Waals surface area contributed by atoms with Gasteiger partial charge >= 0.3 is 0 Å². The number of nitrogens with two attached hydrogens (primary N) is 1. The third-order valence-electron chi connectivity index (χ3n) is 5.05. The fourth-order valence-electron chi connectivity index (χ4n) is 3.43. The number of nitrogens with zero attached hydrogens (tertiary/aromatic N) is 3. The van der Waals surface area contributed by atoms with Crippen molar-refractivity contribution in [2.45, 2.75) is 52.1 Å². The minimum atomic E-state index is -0.405. The first-order valence-electron chi connectivity index (χ1n) is 10.7. The minimum Gasteiger partial charge on any atom is -0.397 e. The molecule has 4 rings (SSSR count). The van der Waals surface area contributed by atoms with E-state index in [9.17, 15) is 10.1 Å². The second-order valence-electron chi connectivity index (χ2n) is 7.58. The van der Waals surface area contributed by atoms with Crippen molar-refractivity contribution in [3.8, 4) is 0 Å². The molecule has 2 fully saturated rings. The quantitative estimate of drug-likeness (QED) is 0.503. The van der Waals surface area contributed by atoms with Gasteiger partial charge in [-0.2, -0.15) is 0 Å². The first-order valence-corrected chi connectivity index (χ1v) is 10.7. The number of aromatic nitrogens is 2. The van der Waals surface area contributed by atoms with Crippen LogP contribution in [0.15, 0.2) is 24.3 Å². The number of anilines is 1. The molecular formula is C22H30N4O6. The Morgan fingerprint density at radius 2 is 1.34 bits per heavy atom. The average molecular weight is 447 g/mol. The van der Waals surface area contributed by atoms with Gasteiger partial charge < -0.3 is 24.7 Å². The molecule has 0 spiro atoms. The molecule has 2 aliphatic heterocycles. The zero-order valence-corrected chi connectivity index (χ0v) is 18.5. The van der Waals surface area contributed by atoms with Crippen LogP contribution in [-0.4, -0.2) is 53.9 Å². The Hall–Kier alpha value is -2.66. The molecule has 0 radical (unpaired) electrons. The Labute approximate surface area is 187 Å². The number of nitro groups is 1. The van der Waals surface area contributed by atoms with Gasteiger partial charge in [-0.25, -0.2) is 0 Å². The van der Waals surface area contributed by atoms with Gasteiger partial charge in [-0.05, 0) is 38.5 Å². The molecule has 10 heteroatoms. The van der Waals surface area contributed by atoms with Crippen molar-refractivity contribution in [2.75, 3.05) is 32.2 Å². The minimum absolute atomic E-state index is 0.0635. The van der Waals surface area contributed by atoms with Gasteiger partial charge in [0.15, 0.2) is 12.6 Å². The van der Waals surface area contributed by atoms with E-state index < -0.39 is 4.92 Å². The molecule has 2 N–H and O–H groups in total. The van der Waals surface area contributed by atoms with Gasteiger partial charge in [0.05, 0.1) is 42.7 Å². The lowest BCUT2D eigenvalue weighted by Gasteiger charge is -2.09. The smallest absolute Gasteiger partial charge is 0.290 e. The summed E-state index contributed by atoms with van der Waals surface area (Å²) in [5.41, 5.74) is 9.85. The Kier molecular flexibility index (Phi) is 8.86. The third kappa shape index (κ3) is 7.20. The van der Waals surface area contributed by atoms with Gasteiger partial charge in [0.25, 0.3) is 5.69 Å². The molecule has 0 unspecified atom stereocenters. The number of rotatable bonds is 7. The van der Waals surface area contributed by atoms with E-state index in [-0.39, 0.29) is 18.3 Å². The third-order valence-corrected chi connectivity index (χ3v) is 5.05. The van der Waals surface area contributed by atoms with Gasteiger partial charge in [0.1, 0.15) is 5.69 Å². The Morgan fingerprint density at radius 1 is 0.875 bits per heavy atom. The molecule has 0 aliphatic carbocycles. The highest BCUT2D eigenvalue weighted by Gasteiger charge is 2.20. The van der Waals surface area contributed by atoms with E-state index in [4.69, 9.17) is 24.7 Å². The molecule has 10 nitrogen and oxygen atoms in total. The number of ether oxygens (including phenoxy) is 4. The number of pyridine rings is 2. The van der Waals surface area contributed by atoms with Crippen molar-refractivity contribution in [1.29, 1.82) is 0 Å². The van der Waals surface area contributed by atoms with Crippen LogP contribution in [0.3, 0.4) is 0 Å². The Balaban J connectivity index is 0.000000182. The molecule has 0 bridgehead atoms. The molecule has 0 saturated carbocycles. The number of nitrogen functional groups attached to an aromatic ring is 1. The summed E-state index contributed by atoms with van der Waals surface area (Å²) in [6, 6.07) is 6.95. The molecule has 4 heterocycles. The fourth-order valence-corrected chi connectivity index (χ4v) is 3.43. The van der Waals surface area contributed by atoms with Gasteiger partial charge in [-0.15, -0.1) is 0 Å². The van der Waals surface area contributed by atoms with Gasteiger partial charge in [-0.3, -0.25) is 20.1 Å². The molecule has 2 saturated heterocycles. The molecule has 0 aromatic carbocycles. The van der Waals surface area contributed by atoms with Crippen molar-refractivity contribution in [3.05, 3.63) is 57.2 Å². The van der Waals surface area contributed by atoms with Crippen LogP contribution in [0.1, 0.15) is 35.6 Å². The first-order chi connectivity index (χ1) is 15.4. The maximum atomic E-state index is 10.8. The molecule has 174 valence electrons. The van der Waals surface area contributed by atoms with Crippen LogP contribution in [0, 0.1) is 24.0 Å². The van der Waals surface area contributed by atoms with Crippen molar-refractivity contribution in [3.63, 3.8) is 0 Å². The molecule has 0 atom stereocenters. The molecule has 32 heavy (non-hydrogen) atoms. The summed E-state index contributed by atoms with van der Waals surface area (Å²) in [6.45, 7) is 6.35. The highest BCUT2D eigenvalue weighted by Crippen LogP contribution is 2.20. The topological polar surface area (TPSA) is 132 Å². The van der Waals surface area contributed by atoms with Gasteiger partial charge in [0.2, 0.25) is 0 Å². The van der Waals surface area contributed by atoms with Crippen LogP contribution >= 0.6 is 0 Å². The largest absolute Gasteiger partial charge is 0.397 e. The van der Waals surface area contributed by atoms with Crippen LogP contribution < -0.4 is 5.73 Å². The standard InChI is InChI=1S/C11H14N2O4.C11H16N2O2/c1-8-2-4-10(13(14)15)9(12-8)3-5-11-16-6-7-17-11;1-8-2-3-9(12)10(13-8)4-5-11-14-6-7-15-11/h2,4,11H,3,5-7H2,1H3;2-3,11H,4-7,12H2,1H3. The molecule has 0 amide bonds. The van der Waals surface area contributed by atoms with E-state index in [1.807, 2.05) is 26.0 Å². The first kappa shape index (κ1) is 24.0. The lowest BCUT2D eigenvalue weighted by Crippen LogP contribution is -2.10. The van der Waals surface area contributed by atoms with E-state index in [1.165, 1.54) is 6.07 Å². The Morgan fingerprint density at radius 3 is 1.88 bits per heavy atom. The number of hydrogen-bond acceptors (Lipinski definition) is 9. The predicted molar refractivity (Wildman–Crippen MR) is 117 cm³/mol. The summed E-state index contributed by atoms with van der Waals surface area (Å²) in [7, 11) is 0. The SMILES string of the molecule is Cc1ccc(N)c(CCC2OCCO2)n1.Cc1ccc([N+](=O)[O-])c(CCC2OCCO2)n1. The van der Waals surface area contributed by atoms with E-state index in [1.54, 1.807) is 6.07 Å². The van der Waals surface area contributed by atoms with Crippen LogP contribution in [0.4, 0.5) is 11.4 Å². The van der Waals surface area contributed by atoms with Crippen LogP contribution in [0.25, 0.3) is 0 Å². The van der Waals surface area contributed by atoms with Gasteiger partial charge in [0, 0.05) is 36.7 Å². The molecular weight excluding hydrogens is 416 g/mol. The Bertz CT molecular complexity index is 898. The fraction of sp³-hybridized carbons (Fsp3) is 0.545. The summed E-state index contributed by atoms with van der Waals surface area (Å²) < 4.78 is 21.3. The lowest BCUT2D eigenvalue weighted by molar-refractivity contribution is -0.386. The zero-order valence-electron chi connectivity index (χ0n) is 18.5. The second-order valence-corrected chi connectivity index (χ2v) is 7.58. The molecule has 2 aliphatic rings.